The molecular formula is C13H19NO. The molecule has 0 saturated heterocycles. The van der Waals surface area contributed by atoms with Crippen LogP contribution in [0.2, 0.25) is 0 Å². The average Bonchev–Trinajstić information content (AvgIpc) is 2.17. The number of primary amides is 1. The first kappa shape index (κ1) is 11.8. The van der Waals surface area contributed by atoms with Gasteiger partial charge < -0.3 is 5.73 Å². The highest BCUT2D eigenvalue weighted by molar-refractivity contribution is 5.73. The van der Waals surface area contributed by atoms with E-state index in [1.165, 1.54) is 11.1 Å². The minimum absolute atomic E-state index is 0.212. The predicted molar refractivity (Wildman–Crippen MR) is 62.5 cm³/mol. The van der Waals surface area contributed by atoms with Gasteiger partial charge in [-0.05, 0) is 29.9 Å². The van der Waals surface area contributed by atoms with Crippen molar-refractivity contribution in [1.29, 1.82) is 0 Å². The predicted octanol–water partition coefficient (Wildman–Crippen LogP) is 2.30. The van der Waals surface area contributed by atoms with Crippen LogP contribution < -0.4 is 5.73 Å². The molecule has 1 aromatic rings. The molecular weight excluding hydrogens is 186 g/mol. The van der Waals surface area contributed by atoms with E-state index < -0.39 is 0 Å². The van der Waals surface area contributed by atoms with Gasteiger partial charge in [-0.1, -0.05) is 38.1 Å². The molecule has 0 aliphatic carbocycles. The summed E-state index contributed by atoms with van der Waals surface area (Å²) in [4.78, 5) is 10.8. The molecule has 0 radical (unpaired) electrons. The summed E-state index contributed by atoms with van der Waals surface area (Å²) < 4.78 is 0. The molecule has 0 aliphatic heterocycles. The van der Waals surface area contributed by atoms with E-state index in [2.05, 4.69) is 32.0 Å². The SMILES string of the molecule is CCc1ccccc1CC(C)CC(N)=O. The molecule has 2 nitrogen and oxygen atoms in total. The van der Waals surface area contributed by atoms with Gasteiger partial charge >= 0.3 is 0 Å². The van der Waals surface area contributed by atoms with E-state index in [-0.39, 0.29) is 5.91 Å². The van der Waals surface area contributed by atoms with Gasteiger partial charge in [0.1, 0.15) is 0 Å². The highest BCUT2D eigenvalue weighted by atomic mass is 16.1. The molecule has 0 aromatic heterocycles. The van der Waals surface area contributed by atoms with E-state index in [1.54, 1.807) is 0 Å². The third-order valence-electron chi connectivity index (χ3n) is 2.62. The van der Waals surface area contributed by atoms with Crippen LogP contribution in [-0.2, 0) is 17.6 Å². The first-order valence-corrected chi connectivity index (χ1v) is 5.48. The Bertz CT molecular complexity index is 333. The van der Waals surface area contributed by atoms with E-state index in [0.717, 1.165) is 12.8 Å². The second-order valence-corrected chi connectivity index (χ2v) is 4.10. The van der Waals surface area contributed by atoms with Crippen LogP contribution in [0.5, 0.6) is 0 Å². The third kappa shape index (κ3) is 3.74. The number of hydrogen-bond acceptors (Lipinski definition) is 1. The van der Waals surface area contributed by atoms with Gasteiger partial charge in [-0.2, -0.15) is 0 Å². The van der Waals surface area contributed by atoms with E-state index in [4.69, 9.17) is 5.73 Å². The molecule has 0 saturated carbocycles. The third-order valence-corrected chi connectivity index (χ3v) is 2.62. The summed E-state index contributed by atoms with van der Waals surface area (Å²) in [5.74, 6) is 0.117. The van der Waals surface area contributed by atoms with Crippen molar-refractivity contribution >= 4 is 5.91 Å². The van der Waals surface area contributed by atoms with E-state index >= 15 is 0 Å². The number of carbonyl (C=O) groups is 1. The van der Waals surface area contributed by atoms with Crippen LogP contribution in [0.3, 0.4) is 0 Å². The summed E-state index contributed by atoms with van der Waals surface area (Å²) in [5, 5.41) is 0. The van der Waals surface area contributed by atoms with Crippen molar-refractivity contribution in [1.82, 2.24) is 0 Å². The van der Waals surface area contributed by atoms with E-state index in [9.17, 15) is 4.79 Å². The monoisotopic (exact) mass is 205 g/mol. The molecule has 1 amide bonds. The zero-order valence-corrected chi connectivity index (χ0v) is 9.49. The van der Waals surface area contributed by atoms with Crippen LogP contribution in [0, 0.1) is 5.92 Å². The van der Waals surface area contributed by atoms with Gasteiger partial charge in [0.2, 0.25) is 5.91 Å². The lowest BCUT2D eigenvalue weighted by molar-refractivity contribution is -0.118. The fourth-order valence-electron chi connectivity index (χ4n) is 1.89. The van der Waals surface area contributed by atoms with E-state index in [0.29, 0.717) is 12.3 Å². The lowest BCUT2D eigenvalue weighted by atomic mass is 9.93. The second kappa shape index (κ2) is 5.54. The van der Waals surface area contributed by atoms with Gasteiger partial charge in [-0.15, -0.1) is 0 Å². The largest absolute Gasteiger partial charge is 0.370 e. The Morgan fingerprint density at radius 2 is 1.93 bits per heavy atom. The summed E-state index contributed by atoms with van der Waals surface area (Å²) >= 11 is 0. The van der Waals surface area contributed by atoms with Crippen molar-refractivity contribution in [3.63, 3.8) is 0 Å². The summed E-state index contributed by atoms with van der Waals surface area (Å²) in [6.45, 7) is 4.22. The van der Waals surface area contributed by atoms with Crippen LogP contribution >= 0.6 is 0 Å². The first-order valence-electron chi connectivity index (χ1n) is 5.48. The van der Waals surface area contributed by atoms with Crippen LogP contribution in [0.1, 0.15) is 31.4 Å². The van der Waals surface area contributed by atoms with Crippen molar-refractivity contribution in [2.24, 2.45) is 11.7 Å². The van der Waals surface area contributed by atoms with Crippen molar-refractivity contribution in [2.75, 3.05) is 0 Å². The van der Waals surface area contributed by atoms with Crippen molar-refractivity contribution in [3.05, 3.63) is 35.4 Å². The summed E-state index contributed by atoms with van der Waals surface area (Å²) in [6, 6.07) is 8.38. The summed E-state index contributed by atoms with van der Waals surface area (Å²) in [5.41, 5.74) is 7.89. The fraction of sp³-hybridized carbons (Fsp3) is 0.462. The summed E-state index contributed by atoms with van der Waals surface area (Å²) in [6.07, 6.45) is 2.45. The molecule has 15 heavy (non-hydrogen) atoms. The number of benzene rings is 1. The average molecular weight is 205 g/mol. The molecule has 2 heteroatoms. The molecule has 0 aliphatic rings. The van der Waals surface area contributed by atoms with Gasteiger partial charge in [0.15, 0.2) is 0 Å². The van der Waals surface area contributed by atoms with Gasteiger partial charge in [0.25, 0.3) is 0 Å². The lowest BCUT2D eigenvalue weighted by Gasteiger charge is -2.12. The van der Waals surface area contributed by atoms with E-state index in [1.807, 2.05) is 6.07 Å². The molecule has 82 valence electrons. The second-order valence-electron chi connectivity index (χ2n) is 4.10. The zero-order chi connectivity index (χ0) is 11.3. The topological polar surface area (TPSA) is 43.1 Å². The molecule has 1 rings (SSSR count). The Hall–Kier alpha value is -1.31. The van der Waals surface area contributed by atoms with Gasteiger partial charge in [0, 0.05) is 6.42 Å². The van der Waals surface area contributed by atoms with Gasteiger partial charge in [-0.25, -0.2) is 0 Å². The van der Waals surface area contributed by atoms with Crippen molar-refractivity contribution in [3.8, 4) is 0 Å². The maximum Gasteiger partial charge on any atom is 0.217 e. The first-order chi connectivity index (χ1) is 7.13. The number of rotatable bonds is 5. The molecule has 1 unspecified atom stereocenters. The minimum atomic E-state index is -0.212. The van der Waals surface area contributed by atoms with Gasteiger partial charge in [0.05, 0.1) is 0 Å². The van der Waals surface area contributed by atoms with Crippen LogP contribution in [0.25, 0.3) is 0 Å². The smallest absolute Gasteiger partial charge is 0.217 e. The Morgan fingerprint density at radius 3 is 2.47 bits per heavy atom. The maximum absolute atomic E-state index is 10.8. The van der Waals surface area contributed by atoms with Gasteiger partial charge in [-0.3, -0.25) is 4.79 Å². The lowest BCUT2D eigenvalue weighted by Crippen LogP contribution is -2.16. The Morgan fingerprint density at radius 1 is 1.33 bits per heavy atom. The summed E-state index contributed by atoms with van der Waals surface area (Å²) in [7, 11) is 0. The number of hydrogen-bond donors (Lipinski definition) is 1. The molecule has 0 fully saturated rings. The zero-order valence-electron chi connectivity index (χ0n) is 9.49. The van der Waals surface area contributed by atoms with Crippen LogP contribution in [0.15, 0.2) is 24.3 Å². The highest BCUT2D eigenvalue weighted by Crippen LogP contribution is 2.16. The number of aryl methyl sites for hydroxylation is 1. The normalized spacial score (nSPS) is 12.4. The molecule has 2 N–H and O–H groups in total. The molecule has 0 bridgehead atoms. The quantitative estimate of drug-likeness (QED) is 0.787. The Kier molecular flexibility index (Phi) is 4.35. The Balaban J connectivity index is 2.67. The van der Waals surface area contributed by atoms with Crippen LogP contribution in [0.4, 0.5) is 0 Å². The molecule has 1 aromatic carbocycles. The maximum atomic E-state index is 10.8. The molecule has 1 atom stereocenters. The Labute approximate surface area is 91.5 Å². The molecule has 0 spiro atoms. The number of carbonyl (C=O) groups excluding carboxylic acids is 1. The highest BCUT2D eigenvalue weighted by Gasteiger charge is 2.08. The fourth-order valence-corrected chi connectivity index (χ4v) is 1.89. The van der Waals surface area contributed by atoms with Crippen molar-refractivity contribution < 1.29 is 4.79 Å². The standard InChI is InChI=1S/C13H19NO/c1-3-11-6-4-5-7-12(11)8-10(2)9-13(14)15/h4-7,10H,3,8-9H2,1-2H3,(H2,14,15). The minimum Gasteiger partial charge on any atom is -0.370 e. The van der Waals surface area contributed by atoms with Crippen molar-refractivity contribution in [2.45, 2.75) is 33.1 Å². The molecule has 0 heterocycles. The van der Waals surface area contributed by atoms with Crippen LogP contribution in [-0.4, -0.2) is 5.91 Å². The number of amides is 1. The number of nitrogens with two attached hydrogens (primary N) is 1.